The third-order valence-corrected chi connectivity index (χ3v) is 3.34. The summed E-state index contributed by atoms with van der Waals surface area (Å²) in [6.45, 7) is 2.22. The number of anilines is 1. The Morgan fingerprint density at radius 3 is 2.77 bits per heavy atom. The van der Waals surface area contributed by atoms with Crippen LogP contribution in [0.1, 0.15) is 22.8 Å². The maximum absolute atomic E-state index is 12.1. The summed E-state index contributed by atoms with van der Waals surface area (Å²) in [5.74, 6) is -1.01. The summed E-state index contributed by atoms with van der Waals surface area (Å²) < 4.78 is 4.99. The average Bonchev–Trinajstić information content (AvgIpc) is 2.68. The molecule has 1 aromatic heterocycles. The van der Waals surface area contributed by atoms with Gasteiger partial charge in [-0.05, 0) is 30.7 Å². The van der Waals surface area contributed by atoms with Crippen LogP contribution in [0.3, 0.4) is 0 Å². The molecule has 0 radical (unpaired) electrons. The van der Waals surface area contributed by atoms with Crippen LogP contribution in [-0.2, 0) is 16.1 Å². The molecule has 0 atom stereocenters. The highest BCUT2D eigenvalue weighted by molar-refractivity contribution is 5.98. The molecule has 0 spiro atoms. The first-order valence-electron chi connectivity index (χ1n) is 7.95. The van der Waals surface area contributed by atoms with Crippen LogP contribution >= 0.6 is 0 Å². The minimum atomic E-state index is -0.530. The number of carbonyl (C=O) groups excluding carboxylic acids is 2. The highest BCUT2D eigenvalue weighted by Gasteiger charge is 2.13. The van der Waals surface area contributed by atoms with Gasteiger partial charge in [0.25, 0.3) is 5.91 Å². The number of aromatic nitrogens is 1. The van der Waals surface area contributed by atoms with Gasteiger partial charge in [-0.15, -0.1) is 0 Å². The van der Waals surface area contributed by atoms with Crippen molar-refractivity contribution in [3.05, 3.63) is 71.7 Å². The number of nitriles is 1. The van der Waals surface area contributed by atoms with Crippen molar-refractivity contribution in [1.29, 1.82) is 5.26 Å². The normalized spacial score (nSPS) is 10.5. The minimum Gasteiger partial charge on any atom is -0.462 e. The van der Waals surface area contributed by atoms with E-state index in [4.69, 9.17) is 4.74 Å². The van der Waals surface area contributed by atoms with E-state index in [1.807, 2.05) is 12.1 Å². The number of nitrogens with zero attached hydrogens (tertiary/aromatic N) is 2. The Kier molecular flexibility index (Phi) is 6.89. The molecule has 7 nitrogen and oxygen atoms in total. The summed E-state index contributed by atoms with van der Waals surface area (Å²) in [7, 11) is 0. The molecule has 132 valence electrons. The molecule has 1 aromatic carbocycles. The first-order valence-corrected chi connectivity index (χ1v) is 7.95. The second-order valence-corrected chi connectivity index (χ2v) is 5.12. The monoisotopic (exact) mass is 350 g/mol. The third kappa shape index (κ3) is 5.18. The van der Waals surface area contributed by atoms with E-state index in [1.54, 1.807) is 49.6 Å². The van der Waals surface area contributed by atoms with Crippen LogP contribution < -0.4 is 10.6 Å². The molecule has 1 heterocycles. The first-order chi connectivity index (χ1) is 12.7. The van der Waals surface area contributed by atoms with Crippen molar-refractivity contribution in [1.82, 2.24) is 10.3 Å². The first kappa shape index (κ1) is 18.7. The van der Waals surface area contributed by atoms with Gasteiger partial charge in [-0.3, -0.25) is 9.78 Å². The molecule has 0 aliphatic heterocycles. The number of hydrogen-bond donors (Lipinski definition) is 2. The Bertz CT molecular complexity index is 841. The standard InChI is InChI=1S/C19H18N4O3/c1-2-26-19(25)16-7-3-4-8-17(16)22-13-15(10-20)18(24)23-12-14-6-5-9-21-11-14/h3-9,11,13,22H,2,12H2,1H3,(H,23,24)/b15-13-. The highest BCUT2D eigenvalue weighted by Crippen LogP contribution is 2.16. The van der Waals surface area contributed by atoms with E-state index in [2.05, 4.69) is 15.6 Å². The lowest BCUT2D eigenvalue weighted by molar-refractivity contribution is -0.117. The lowest BCUT2D eigenvalue weighted by atomic mass is 10.1. The van der Waals surface area contributed by atoms with Crippen LogP contribution in [0.5, 0.6) is 0 Å². The van der Waals surface area contributed by atoms with Crippen LogP contribution in [0.15, 0.2) is 60.6 Å². The quantitative estimate of drug-likeness (QED) is 0.451. The summed E-state index contributed by atoms with van der Waals surface area (Å²) in [6, 6.07) is 12.1. The number of rotatable bonds is 7. The number of amides is 1. The Morgan fingerprint density at radius 2 is 2.08 bits per heavy atom. The van der Waals surface area contributed by atoms with Crippen LogP contribution in [-0.4, -0.2) is 23.5 Å². The largest absolute Gasteiger partial charge is 0.462 e. The summed E-state index contributed by atoms with van der Waals surface area (Å²) in [5.41, 5.74) is 1.46. The predicted octanol–water partition coefficient (Wildman–Crippen LogP) is 2.39. The van der Waals surface area contributed by atoms with E-state index < -0.39 is 11.9 Å². The van der Waals surface area contributed by atoms with E-state index in [-0.39, 0.29) is 18.7 Å². The summed E-state index contributed by atoms with van der Waals surface area (Å²) in [4.78, 5) is 28.0. The minimum absolute atomic E-state index is 0.118. The average molecular weight is 350 g/mol. The Morgan fingerprint density at radius 1 is 1.27 bits per heavy atom. The second kappa shape index (κ2) is 9.59. The van der Waals surface area contributed by atoms with Crippen LogP contribution in [0.25, 0.3) is 0 Å². The van der Waals surface area contributed by atoms with Gasteiger partial charge in [-0.25, -0.2) is 4.79 Å². The molecule has 0 aliphatic rings. The summed E-state index contributed by atoms with van der Waals surface area (Å²) in [6.07, 6.45) is 4.53. The molecule has 2 aromatic rings. The molecule has 26 heavy (non-hydrogen) atoms. The van der Waals surface area contributed by atoms with E-state index in [0.717, 1.165) is 5.56 Å². The summed E-state index contributed by atoms with van der Waals surface area (Å²) in [5, 5.41) is 14.7. The molecule has 0 bridgehead atoms. The molecule has 2 N–H and O–H groups in total. The summed E-state index contributed by atoms with van der Waals surface area (Å²) >= 11 is 0. The van der Waals surface area contributed by atoms with Gasteiger partial charge in [0.1, 0.15) is 11.6 Å². The molecule has 0 saturated carbocycles. The topological polar surface area (TPSA) is 104 Å². The van der Waals surface area contributed by atoms with Crippen molar-refractivity contribution in [3.8, 4) is 6.07 Å². The third-order valence-electron chi connectivity index (χ3n) is 3.34. The lowest BCUT2D eigenvalue weighted by Gasteiger charge is -2.09. The Hall–Kier alpha value is -3.66. The number of para-hydroxylation sites is 1. The molecule has 7 heteroatoms. The van der Waals surface area contributed by atoms with Gasteiger partial charge in [0, 0.05) is 25.1 Å². The second-order valence-electron chi connectivity index (χ2n) is 5.12. The molecule has 0 aliphatic carbocycles. The fraction of sp³-hybridized carbons (Fsp3) is 0.158. The fourth-order valence-corrected chi connectivity index (χ4v) is 2.07. The van der Waals surface area contributed by atoms with Gasteiger partial charge in [0.2, 0.25) is 0 Å². The van der Waals surface area contributed by atoms with Crippen molar-refractivity contribution in [2.45, 2.75) is 13.5 Å². The van der Waals surface area contributed by atoms with Crippen LogP contribution in [0, 0.1) is 11.3 Å². The molecular weight excluding hydrogens is 332 g/mol. The number of pyridine rings is 1. The SMILES string of the molecule is CCOC(=O)c1ccccc1N/C=C(/C#N)C(=O)NCc1cccnc1. The van der Waals surface area contributed by atoms with Crippen molar-refractivity contribution in [2.75, 3.05) is 11.9 Å². The smallest absolute Gasteiger partial charge is 0.340 e. The number of carbonyl (C=O) groups is 2. The zero-order valence-corrected chi connectivity index (χ0v) is 14.2. The van der Waals surface area contributed by atoms with Crippen molar-refractivity contribution in [2.24, 2.45) is 0 Å². The number of esters is 1. The molecule has 1 amide bonds. The van der Waals surface area contributed by atoms with Gasteiger partial charge in [0.15, 0.2) is 0 Å². The van der Waals surface area contributed by atoms with E-state index in [1.165, 1.54) is 6.20 Å². The van der Waals surface area contributed by atoms with Gasteiger partial charge in [0.05, 0.1) is 17.9 Å². The Balaban J connectivity index is 2.06. The number of benzene rings is 1. The van der Waals surface area contributed by atoms with Crippen LogP contribution in [0.2, 0.25) is 0 Å². The number of ether oxygens (including phenoxy) is 1. The molecule has 2 rings (SSSR count). The van der Waals surface area contributed by atoms with Gasteiger partial charge >= 0.3 is 5.97 Å². The highest BCUT2D eigenvalue weighted by atomic mass is 16.5. The lowest BCUT2D eigenvalue weighted by Crippen LogP contribution is -2.24. The zero-order chi connectivity index (χ0) is 18.8. The van der Waals surface area contributed by atoms with Crippen molar-refractivity contribution >= 4 is 17.6 Å². The maximum atomic E-state index is 12.1. The molecule has 0 fully saturated rings. The zero-order valence-electron chi connectivity index (χ0n) is 14.2. The van der Waals surface area contributed by atoms with Crippen molar-refractivity contribution in [3.63, 3.8) is 0 Å². The Labute approximate surface area is 151 Å². The number of nitrogens with one attached hydrogen (secondary N) is 2. The molecule has 0 unspecified atom stereocenters. The van der Waals surface area contributed by atoms with E-state index in [0.29, 0.717) is 11.3 Å². The van der Waals surface area contributed by atoms with Gasteiger partial charge in [-0.1, -0.05) is 18.2 Å². The fourth-order valence-electron chi connectivity index (χ4n) is 2.07. The molecular formula is C19H18N4O3. The van der Waals surface area contributed by atoms with Crippen LogP contribution in [0.4, 0.5) is 5.69 Å². The molecule has 0 saturated heterocycles. The van der Waals surface area contributed by atoms with Crippen molar-refractivity contribution < 1.29 is 14.3 Å². The van der Waals surface area contributed by atoms with Gasteiger partial charge in [-0.2, -0.15) is 5.26 Å². The predicted molar refractivity (Wildman–Crippen MR) is 95.8 cm³/mol. The van der Waals surface area contributed by atoms with E-state index >= 15 is 0 Å². The van der Waals surface area contributed by atoms with E-state index in [9.17, 15) is 14.9 Å². The van der Waals surface area contributed by atoms with Gasteiger partial charge < -0.3 is 15.4 Å². The number of hydrogen-bond acceptors (Lipinski definition) is 6. The maximum Gasteiger partial charge on any atom is 0.340 e.